The maximum Gasteiger partial charge on any atom is 0.243 e. The molecule has 246 valence electrons. The zero-order chi connectivity index (χ0) is 33.5. The molecule has 14 heteroatoms. The van der Waals surface area contributed by atoms with Crippen LogP contribution in [0.5, 0.6) is 0 Å². The smallest absolute Gasteiger partial charge is 0.243 e. The predicted octanol–water partition coefficient (Wildman–Crippen LogP) is 3.36. The highest BCUT2D eigenvalue weighted by Crippen LogP contribution is 2.25. The minimum atomic E-state index is -4.06. The fourth-order valence-corrected chi connectivity index (χ4v) is 8.83. The van der Waals surface area contributed by atoms with Crippen molar-refractivity contribution in [3.63, 3.8) is 0 Å². The van der Waals surface area contributed by atoms with Crippen LogP contribution in [-0.4, -0.2) is 84.6 Å². The first-order chi connectivity index (χ1) is 21.7. The number of fused-ring (bicyclic) bond motifs is 1. The lowest BCUT2D eigenvalue weighted by Gasteiger charge is -2.31. The van der Waals surface area contributed by atoms with Gasteiger partial charge in [-0.05, 0) is 48.2 Å². The molecule has 0 aliphatic heterocycles. The zero-order valence-electron chi connectivity index (χ0n) is 25.8. The van der Waals surface area contributed by atoms with Crippen molar-refractivity contribution in [3.05, 3.63) is 89.7 Å². The molecule has 3 atom stereocenters. The Hall–Kier alpha value is -3.56. The molecule has 4 rings (SSSR count). The van der Waals surface area contributed by atoms with Gasteiger partial charge in [0.25, 0.3) is 0 Å². The van der Waals surface area contributed by atoms with Gasteiger partial charge in [0.05, 0.1) is 38.5 Å². The van der Waals surface area contributed by atoms with Gasteiger partial charge < -0.3 is 10.4 Å². The van der Waals surface area contributed by atoms with E-state index in [1.54, 1.807) is 35.8 Å². The lowest BCUT2D eigenvalue weighted by atomic mass is 10.00. The van der Waals surface area contributed by atoms with Crippen molar-refractivity contribution < 1.29 is 31.5 Å². The van der Waals surface area contributed by atoms with E-state index in [0.717, 1.165) is 10.3 Å². The number of carbonyl (C=O) groups excluding carboxylic acids is 2. The van der Waals surface area contributed by atoms with E-state index < -0.39 is 61.1 Å². The summed E-state index contributed by atoms with van der Waals surface area (Å²) in [6.45, 7) is 4.94. The van der Waals surface area contributed by atoms with E-state index >= 15 is 0 Å². The Morgan fingerprint density at radius 1 is 0.935 bits per heavy atom. The van der Waals surface area contributed by atoms with Gasteiger partial charge in [0, 0.05) is 25.2 Å². The number of benzene rings is 2. The summed E-state index contributed by atoms with van der Waals surface area (Å²) in [7, 11) is -8.05. The molecule has 1 amide bonds. The van der Waals surface area contributed by atoms with Gasteiger partial charge in [-0.3, -0.25) is 14.6 Å². The van der Waals surface area contributed by atoms with Crippen LogP contribution in [0.25, 0.3) is 10.2 Å². The molecule has 0 saturated heterocycles. The van der Waals surface area contributed by atoms with Crippen molar-refractivity contribution in [2.75, 3.05) is 24.6 Å². The minimum absolute atomic E-state index is 0.0154. The number of aliphatic hydroxyl groups excluding tert-OH is 1. The van der Waals surface area contributed by atoms with Crippen molar-refractivity contribution >= 4 is 53.1 Å². The summed E-state index contributed by atoms with van der Waals surface area (Å²) in [6, 6.07) is 17.4. The number of aliphatic hydroxyl groups is 1. The third-order valence-electron chi connectivity index (χ3n) is 7.24. The van der Waals surface area contributed by atoms with Crippen LogP contribution >= 0.6 is 11.3 Å². The molecule has 0 aliphatic rings. The van der Waals surface area contributed by atoms with Crippen molar-refractivity contribution in [1.82, 2.24) is 19.6 Å². The number of amides is 1. The van der Waals surface area contributed by atoms with Gasteiger partial charge in [-0.1, -0.05) is 57.2 Å². The summed E-state index contributed by atoms with van der Waals surface area (Å²) in [5.41, 5.74) is 2.98. The topological polar surface area (TPSA) is 164 Å². The summed E-state index contributed by atoms with van der Waals surface area (Å²) in [5.74, 6) is -3.86. The number of Topliss-reactive ketones (excluding diaryl/α,β-unsaturated/α-hetero) is 1. The first-order valence-electron chi connectivity index (χ1n) is 14.8. The number of pyridine rings is 1. The van der Waals surface area contributed by atoms with E-state index in [2.05, 4.69) is 15.3 Å². The normalized spacial score (nSPS) is 14.3. The molecular formula is C32H38N4O7S3. The average Bonchev–Trinajstić information content (AvgIpc) is 3.49. The Kier molecular flexibility index (Phi) is 11.8. The van der Waals surface area contributed by atoms with Gasteiger partial charge in [0.2, 0.25) is 15.9 Å². The van der Waals surface area contributed by atoms with Gasteiger partial charge in [0.15, 0.2) is 15.6 Å². The second kappa shape index (κ2) is 15.4. The molecule has 0 spiro atoms. The summed E-state index contributed by atoms with van der Waals surface area (Å²) < 4.78 is 55.4. The van der Waals surface area contributed by atoms with E-state index in [1.807, 2.05) is 32.0 Å². The second-order valence-corrected chi connectivity index (χ2v) is 16.6. The minimum Gasteiger partial charge on any atom is -0.390 e. The van der Waals surface area contributed by atoms with E-state index in [-0.39, 0.29) is 36.0 Å². The van der Waals surface area contributed by atoms with Crippen LogP contribution in [0.4, 0.5) is 0 Å². The molecule has 1 unspecified atom stereocenters. The molecule has 2 aromatic carbocycles. The number of rotatable bonds is 16. The standard InChI is InChI=1S/C32H38N4O7S3/c1-22(2)17-36(46(42,43)25-12-13-31-28(16-25)34-21-44-31)18-29(37)27(15-24-9-5-4-6-10-24)35-32(39)23(3)19-45(40,41)20-30(38)26-11-7-8-14-33-26/h4-14,16,21-23,27,29,37H,15,17-20H2,1-3H3,(H,35,39)/t23-,27?,29-/m1/s1. The van der Waals surface area contributed by atoms with Gasteiger partial charge >= 0.3 is 0 Å². The molecule has 4 aromatic rings. The van der Waals surface area contributed by atoms with Crippen molar-refractivity contribution in [2.24, 2.45) is 11.8 Å². The third-order valence-corrected chi connectivity index (χ3v) is 11.6. The first kappa shape index (κ1) is 35.3. The Morgan fingerprint density at radius 2 is 1.65 bits per heavy atom. The number of ketones is 1. The van der Waals surface area contributed by atoms with Crippen LogP contribution in [0.1, 0.15) is 36.8 Å². The number of sulfonamides is 1. The fraction of sp³-hybridized carbons (Fsp3) is 0.375. The number of hydrogen-bond acceptors (Lipinski definition) is 10. The third kappa shape index (κ3) is 9.48. The number of hydrogen-bond donors (Lipinski definition) is 2. The van der Waals surface area contributed by atoms with Crippen LogP contribution < -0.4 is 5.32 Å². The van der Waals surface area contributed by atoms with E-state index in [4.69, 9.17) is 0 Å². The highest BCUT2D eigenvalue weighted by atomic mass is 32.2. The van der Waals surface area contributed by atoms with Gasteiger partial charge in [-0.2, -0.15) is 4.31 Å². The average molecular weight is 687 g/mol. The van der Waals surface area contributed by atoms with Crippen molar-refractivity contribution in [2.45, 2.75) is 44.2 Å². The molecule has 0 aliphatic carbocycles. The Bertz CT molecular complexity index is 1850. The molecule has 2 heterocycles. The van der Waals surface area contributed by atoms with Gasteiger partial charge in [0.1, 0.15) is 11.4 Å². The predicted molar refractivity (Wildman–Crippen MR) is 178 cm³/mol. The maximum atomic E-state index is 13.8. The molecule has 0 fully saturated rings. The maximum absolute atomic E-state index is 13.8. The quantitative estimate of drug-likeness (QED) is 0.168. The molecular weight excluding hydrogens is 649 g/mol. The van der Waals surface area contributed by atoms with E-state index in [9.17, 15) is 31.5 Å². The lowest BCUT2D eigenvalue weighted by Crippen LogP contribution is -2.52. The second-order valence-electron chi connectivity index (χ2n) is 11.7. The van der Waals surface area contributed by atoms with Crippen molar-refractivity contribution in [1.29, 1.82) is 0 Å². The van der Waals surface area contributed by atoms with Gasteiger partial charge in [-0.15, -0.1) is 11.3 Å². The monoisotopic (exact) mass is 686 g/mol. The molecule has 2 aromatic heterocycles. The lowest BCUT2D eigenvalue weighted by molar-refractivity contribution is -0.125. The molecule has 2 N–H and O–H groups in total. The number of sulfone groups is 1. The highest BCUT2D eigenvalue weighted by Gasteiger charge is 2.33. The number of carbonyl (C=O) groups is 2. The Labute approximate surface area is 273 Å². The van der Waals surface area contributed by atoms with Crippen LogP contribution in [-0.2, 0) is 31.1 Å². The van der Waals surface area contributed by atoms with E-state index in [0.29, 0.717) is 5.52 Å². The molecule has 0 bridgehead atoms. The Balaban J connectivity index is 1.52. The van der Waals surface area contributed by atoms with Crippen LogP contribution in [0.2, 0.25) is 0 Å². The number of nitrogens with one attached hydrogen (secondary N) is 1. The highest BCUT2D eigenvalue weighted by molar-refractivity contribution is 7.92. The fourth-order valence-electron chi connectivity index (χ4n) is 4.95. The number of thiazole rings is 1. The Morgan fingerprint density at radius 3 is 2.33 bits per heavy atom. The largest absolute Gasteiger partial charge is 0.390 e. The first-order valence-corrected chi connectivity index (χ1v) is 18.9. The van der Waals surface area contributed by atoms with Gasteiger partial charge in [-0.25, -0.2) is 21.8 Å². The summed E-state index contributed by atoms with van der Waals surface area (Å²) >= 11 is 1.40. The SMILES string of the molecule is CC(C)CN(C[C@@H](O)C(Cc1ccccc1)NC(=O)[C@H](C)CS(=O)(=O)CC(=O)c1ccccn1)S(=O)(=O)c1ccc2scnc2c1. The molecule has 0 radical (unpaired) electrons. The summed E-state index contributed by atoms with van der Waals surface area (Å²) in [5, 5.41) is 14.3. The summed E-state index contributed by atoms with van der Waals surface area (Å²) in [4.78, 5) is 34.0. The summed E-state index contributed by atoms with van der Waals surface area (Å²) in [6.07, 6.45) is 0.197. The van der Waals surface area contributed by atoms with Crippen LogP contribution in [0.3, 0.4) is 0 Å². The number of nitrogens with zero attached hydrogens (tertiary/aromatic N) is 3. The van der Waals surface area contributed by atoms with E-state index in [1.165, 1.54) is 47.0 Å². The van der Waals surface area contributed by atoms with Crippen molar-refractivity contribution in [3.8, 4) is 0 Å². The van der Waals surface area contributed by atoms with Crippen LogP contribution in [0.15, 0.2) is 83.3 Å². The molecule has 0 saturated carbocycles. The molecule has 11 nitrogen and oxygen atoms in total. The van der Waals surface area contributed by atoms with Crippen LogP contribution in [0, 0.1) is 11.8 Å². The molecule has 46 heavy (non-hydrogen) atoms. The zero-order valence-corrected chi connectivity index (χ0v) is 28.3. The number of aromatic nitrogens is 2.